The molecule has 0 rings (SSSR count). The predicted molar refractivity (Wildman–Crippen MR) is 41.8 cm³/mol. The normalized spacial score (nSPS) is 16.8. The predicted octanol–water partition coefficient (Wildman–Crippen LogP) is 3.16. The van der Waals surface area contributed by atoms with Crippen molar-refractivity contribution in [1.82, 2.24) is 0 Å². The van der Waals surface area contributed by atoms with Crippen LogP contribution in [0.25, 0.3) is 0 Å². The summed E-state index contributed by atoms with van der Waals surface area (Å²) in [7, 11) is 0. The summed E-state index contributed by atoms with van der Waals surface area (Å²) in [5.74, 6) is -2.19. The first-order valence-corrected chi connectivity index (χ1v) is 4.35. The van der Waals surface area contributed by atoms with E-state index in [4.69, 9.17) is 0 Å². The van der Waals surface area contributed by atoms with Gasteiger partial charge in [0, 0.05) is 0 Å². The number of rotatable bonds is 3. The molecule has 17 heavy (non-hydrogen) atoms. The Morgan fingerprint density at radius 2 is 1.41 bits per heavy atom. The lowest BCUT2D eigenvalue weighted by molar-refractivity contribution is -0.315. The molecule has 0 aromatic heterocycles. The van der Waals surface area contributed by atoms with E-state index in [0.717, 1.165) is 6.92 Å². The van der Waals surface area contributed by atoms with E-state index in [0.29, 0.717) is 6.92 Å². The molecule has 0 spiro atoms. The van der Waals surface area contributed by atoms with E-state index in [1.54, 1.807) is 0 Å². The molecule has 0 fully saturated rings. The van der Waals surface area contributed by atoms with Gasteiger partial charge >= 0.3 is 18.3 Å². The highest BCUT2D eigenvalue weighted by Gasteiger charge is 2.60. The van der Waals surface area contributed by atoms with Crippen LogP contribution >= 0.6 is 0 Å². The van der Waals surface area contributed by atoms with Crippen LogP contribution in [0.3, 0.4) is 0 Å². The molecule has 9 heteroatoms. The Morgan fingerprint density at radius 3 is 1.65 bits per heavy atom. The summed E-state index contributed by atoms with van der Waals surface area (Å²) in [6.45, 7) is 1.62. The van der Waals surface area contributed by atoms with Crippen LogP contribution in [0.4, 0.5) is 30.7 Å². The van der Waals surface area contributed by atoms with Crippen LogP contribution < -0.4 is 0 Å². The van der Waals surface area contributed by atoms with Gasteiger partial charge in [0.1, 0.15) is 0 Å². The van der Waals surface area contributed by atoms with E-state index in [1.807, 2.05) is 0 Å². The first kappa shape index (κ1) is 16.0. The number of carbonyl (C=O) groups is 1. The minimum atomic E-state index is -5.84. The van der Waals surface area contributed by atoms with E-state index in [-0.39, 0.29) is 0 Å². The molecule has 1 atom stereocenters. The molecule has 0 aromatic rings. The number of halogens is 7. The Hall–Kier alpha value is -1.02. The van der Waals surface area contributed by atoms with Crippen molar-refractivity contribution in [1.29, 1.82) is 0 Å². The summed E-state index contributed by atoms with van der Waals surface area (Å²) in [6.07, 6.45) is -16.6. The Labute approximate surface area is 91.7 Å². The molecule has 0 aliphatic carbocycles. The zero-order valence-corrected chi connectivity index (χ0v) is 8.75. The van der Waals surface area contributed by atoms with Crippen LogP contribution in [0, 0.1) is 0 Å². The molecule has 0 aromatic carbocycles. The quantitative estimate of drug-likeness (QED) is 0.581. The van der Waals surface area contributed by atoms with Crippen LogP contribution in [0.15, 0.2) is 0 Å². The Kier molecular flexibility index (Phi) is 4.41. The lowest BCUT2D eigenvalue weighted by Crippen LogP contribution is -2.48. The first-order valence-electron chi connectivity index (χ1n) is 4.35. The second-order valence-electron chi connectivity index (χ2n) is 3.42. The van der Waals surface area contributed by atoms with Crippen LogP contribution in [0.5, 0.6) is 0 Å². The maximum absolute atomic E-state index is 13.1. The van der Waals surface area contributed by atoms with Gasteiger partial charge in [0.15, 0.2) is 0 Å². The summed E-state index contributed by atoms with van der Waals surface area (Å²) >= 11 is 0. The number of carbonyl (C=O) groups excluding carboxylic acids is 1. The minimum absolute atomic E-state index is 0.541. The monoisotopic (exact) mass is 270 g/mol. The van der Waals surface area contributed by atoms with Gasteiger partial charge in [-0.15, -0.1) is 0 Å². The fraction of sp³-hybridized carbons (Fsp3) is 0.875. The van der Waals surface area contributed by atoms with Gasteiger partial charge < -0.3 is 4.74 Å². The lowest BCUT2D eigenvalue weighted by Gasteiger charge is -2.25. The third-order valence-electron chi connectivity index (χ3n) is 1.91. The van der Waals surface area contributed by atoms with E-state index < -0.39 is 36.5 Å². The molecule has 102 valence electrons. The molecule has 0 heterocycles. The number of ether oxygens (including phenoxy) is 1. The van der Waals surface area contributed by atoms with Gasteiger partial charge in [-0.25, -0.2) is 9.18 Å². The van der Waals surface area contributed by atoms with Crippen molar-refractivity contribution in [2.24, 2.45) is 0 Å². The molecule has 2 nitrogen and oxygen atoms in total. The van der Waals surface area contributed by atoms with Crippen molar-refractivity contribution in [2.45, 2.75) is 44.4 Å². The smallest absolute Gasteiger partial charge is 0.434 e. The molecule has 0 bridgehead atoms. The van der Waals surface area contributed by atoms with Crippen molar-refractivity contribution >= 4 is 5.97 Å². The van der Waals surface area contributed by atoms with Crippen molar-refractivity contribution in [2.75, 3.05) is 0 Å². The number of esters is 1. The summed E-state index contributed by atoms with van der Waals surface area (Å²) < 4.78 is 88.0. The lowest BCUT2D eigenvalue weighted by atomic mass is 10.1. The zero-order valence-electron chi connectivity index (χ0n) is 8.75. The van der Waals surface area contributed by atoms with E-state index in [2.05, 4.69) is 4.74 Å². The van der Waals surface area contributed by atoms with Crippen molar-refractivity contribution < 1.29 is 40.3 Å². The third kappa shape index (κ3) is 4.39. The fourth-order valence-corrected chi connectivity index (χ4v) is 0.693. The highest BCUT2D eigenvalue weighted by Crippen LogP contribution is 2.36. The summed E-state index contributed by atoms with van der Waals surface area (Å²) in [6, 6.07) is 0. The maximum atomic E-state index is 13.1. The SMILES string of the molecule is CCC(C)(F)C(=O)OC(C(F)(F)F)C(F)(F)F. The second-order valence-corrected chi connectivity index (χ2v) is 3.42. The van der Waals surface area contributed by atoms with Crippen LogP contribution in [0.1, 0.15) is 20.3 Å². The van der Waals surface area contributed by atoms with Gasteiger partial charge in [0.25, 0.3) is 6.10 Å². The molecule has 0 aliphatic heterocycles. The number of hydrogen-bond acceptors (Lipinski definition) is 2. The van der Waals surface area contributed by atoms with Crippen molar-refractivity contribution in [3.63, 3.8) is 0 Å². The summed E-state index contributed by atoms with van der Waals surface area (Å²) in [4.78, 5) is 10.8. The Balaban J connectivity index is 4.99. The second kappa shape index (κ2) is 4.69. The number of alkyl halides is 7. The van der Waals surface area contributed by atoms with Gasteiger partial charge in [0.2, 0.25) is 5.67 Å². The maximum Gasteiger partial charge on any atom is 0.434 e. The van der Waals surface area contributed by atoms with E-state index in [9.17, 15) is 35.5 Å². The summed E-state index contributed by atoms with van der Waals surface area (Å²) in [5.41, 5.74) is -2.89. The molecule has 0 saturated carbocycles. The molecule has 0 radical (unpaired) electrons. The first-order chi connectivity index (χ1) is 7.32. The molecule has 0 N–H and O–H groups in total. The highest BCUT2D eigenvalue weighted by atomic mass is 19.4. The van der Waals surface area contributed by atoms with Crippen molar-refractivity contribution in [3.05, 3.63) is 0 Å². The third-order valence-corrected chi connectivity index (χ3v) is 1.91. The van der Waals surface area contributed by atoms with Gasteiger partial charge in [-0.05, 0) is 13.3 Å². The van der Waals surface area contributed by atoms with Crippen molar-refractivity contribution in [3.8, 4) is 0 Å². The molecule has 0 aliphatic rings. The molecular weight excluding hydrogens is 261 g/mol. The average Bonchev–Trinajstić information content (AvgIpc) is 2.09. The van der Waals surface area contributed by atoms with Crippen LogP contribution in [-0.4, -0.2) is 30.1 Å². The van der Waals surface area contributed by atoms with Gasteiger partial charge in [0.05, 0.1) is 0 Å². The number of hydrogen-bond donors (Lipinski definition) is 0. The average molecular weight is 270 g/mol. The molecular formula is C8H9F7O2. The van der Waals surface area contributed by atoms with Gasteiger partial charge in [-0.1, -0.05) is 6.92 Å². The largest absolute Gasteiger partial charge is 0.440 e. The van der Waals surface area contributed by atoms with E-state index >= 15 is 0 Å². The van der Waals surface area contributed by atoms with Crippen LogP contribution in [-0.2, 0) is 9.53 Å². The highest BCUT2D eigenvalue weighted by molar-refractivity contribution is 5.79. The molecule has 0 amide bonds. The minimum Gasteiger partial charge on any atom is -0.440 e. The molecule has 1 unspecified atom stereocenters. The zero-order chi connectivity index (χ0) is 14.1. The van der Waals surface area contributed by atoms with Gasteiger partial charge in [-0.2, -0.15) is 26.3 Å². The van der Waals surface area contributed by atoms with E-state index in [1.165, 1.54) is 0 Å². The summed E-state index contributed by atoms with van der Waals surface area (Å²) in [5, 5.41) is 0. The standard InChI is InChI=1S/C8H9F7O2/c1-3-6(2,9)5(16)17-4(7(10,11)12)8(13,14)15/h4H,3H2,1-2H3. The topological polar surface area (TPSA) is 26.3 Å². The molecule has 0 saturated heterocycles. The van der Waals surface area contributed by atoms with Gasteiger partial charge in [-0.3, -0.25) is 0 Å². The Bertz CT molecular complexity index is 265. The Morgan fingerprint density at radius 1 is 1.06 bits per heavy atom. The van der Waals surface area contributed by atoms with Crippen LogP contribution in [0.2, 0.25) is 0 Å². The fourth-order valence-electron chi connectivity index (χ4n) is 0.693.